The van der Waals surface area contributed by atoms with Crippen LogP contribution in [0.4, 0.5) is 5.82 Å². The molecule has 2 aromatic rings. The first-order chi connectivity index (χ1) is 9.20. The van der Waals surface area contributed by atoms with Crippen molar-refractivity contribution < 1.29 is 4.79 Å². The normalized spacial score (nSPS) is 10.2. The molecule has 0 saturated carbocycles. The van der Waals surface area contributed by atoms with Crippen LogP contribution < -0.4 is 10.6 Å². The number of amides is 1. The average molecular weight is 260 g/mol. The quantitative estimate of drug-likeness (QED) is 0.803. The van der Waals surface area contributed by atoms with E-state index in [1.54, 1.807) is 36.4 Å². The van der Waals surface area contributed by atoms with Crippen LogP contribution in [0, 0.1) is 0 Å². The van der Waals surface area contributed by atoms with Crippen LogP contribution in [0.2, 0.25) is 0 Å². The van der Waals surface area contributed by atoms with Gasteiger partial charge in [-0.05, 0) is 12.1 Å². The van der Waals surface area contributed by atoms with E-state index in [0.29, 0.717) is 30.2 Å². The van der Waals surface area contributed by atoms with Crippen LogP contribution in [0.25, 0.3) is 0 Å². The lowest BCUT2D eigenvalue weighted by Crippen LogP contribution is -2.27. The Morgan fingerprint density at radius 1 is 1.42 bits per heavy atom. The molecular weight excluding hydrogens is 244 g/mol. The van der Waals surface area contributed by atoms with E-state index in [1.165, 1.54) is 0 Å². The highest BCUT2D eigenvalue weighted by atomic mass is 16.1. The smallest absolute Gasteiger partial charge is 0.255 e. The van der Waals surface area contributed by atoms with Crippen LogP contribution in [0.15, 0.2) is 24.7 Å². The van der Waals surface area contributed by atoms with Gasteiger partial charge in [-0.3, -0.25) is 9.48 Å². The molecule has 2 rings (SSSR count). The van der Waals surface area contributed by atoms with Gasteiger partial charge in [0.15, 0.2) is 5.82 Å². The first kappa shape index (κ1) is 13.0. The molecule has 2 N–H and O–H groups in total. The molecule has 0 unspecified atom stereocenters. The van der Waals surface area contributed by atoms with Crippen LogP contribution in [0.1, 0.15) is 16.2 Å². The molecule has 0 bridgehead atoms. The van der Waals surface area contributed by atoms with Crippen molar-refractivity contribution in [2.24, 2.45) is 7.05 Å². The van der Waals surface area contributed by atoms with Gasteiger partial charge in [-0.2, -0.15) is 5.10 Å². The molecule has 2 aromatic heterocycles. The van der Waals surface area contributed by atoms with E-state index in [-0.39, 0.29) is 5.91 Å². The Morgan fingerprint density at radius 2 is 2.26 bits per heavy atom. The Hall–Kier alpha value is -2.44. The van der Waals surface area contributed by atoms with Crippen molar-refractivity contribution in [3.05, 3.63) is 36.0 Å². The lowest BCUT2D eigenvalue weighted by atomic mass is 10.2. The predicted octanol–water partition coefficient (Wildman–Crippen LogP) is 0.224. The summed E-state index contributed by atoms with van der Waals surface area (Å²) >= 11 is 0. The van der Waals surface area contributed by atoms with E-state index in [1.807, 2.05) is 7.05 Å². The minimum Gasteiger partial charge on any atom is -0.372 e. The van der Waals surface area contributed by atoms with Crippen molar-refractivity contribution in [2.45, 2.75) is 6.42 Å². The monoisotopic (exact) mass is 260 g/mol. The number of hydrogen-bond donors (Lipinski definition) is 2. The summed E-state index contributed by atoms with van der Waals surface area (Å²) in [6.45, 7) is 0.487. The maximum atomic E-state index is 12.0. The summed E-state index contributed by atoms with van der Waals surface area (Å²) in [7, 11) is 3.54. The fourth-order valence-electron chi connectivity index (χ4n) is 1.67. The minimum absolute atomic E-state index is 0.159. The number of nitrogens with one attached hydrogen (secondary N) is 2. The van der Waals surface area contributed by atoms with Gasteiger partial charge >= 0.3 is 0 Å². The molecule has 7 nitrogen and oxygen atoms in total. The molecule has 0 spiro atoms. The predicted molar refractivity (Wildman–Crippen MR) is 70.8 cm³/mol. The third kappa shape index (κ3) is 3.27. The molecule has 7 heteroatoms. The molecule has 19 heavy (non-hydrogen) atoms. The highest BCUT2D eigenvalue weighted by Gasteiger charge is 2.10. The minimum atomic E-state index is -0.159. The Labute approximate surface area is 111 Å². The van der Waals surface area contributed by atoms with Gasteiger partial charge in [0.1, 0.15) is 12.1 Å². The second kappa shape index (κ2) is 5.94. The van der Waals surface area contributed by atoms with Gasteiger partial charge < -0.3 is 10.6 Å². The molecule has 0 radical (unpaired) electrons. The highest BCUT2D eigenvalue weighted by molar-refractivity contribution is 5.98. The summed E-state index contributed by atoms with van der Waals surface area (Å²) in [6.07, 6.45) is 3.87. The lowest BCUT2D eigenvalue weighted by Gasteiger charge is -2.07. The summed E-state index contributed by atoms with van der Waals surface area (Å²) in [6, 6.07) is 3.46. The van der Waals surface area contributed by atoms with Crippen LogP contribution in [-0.4, -0.2) is 39.2 Å². The first-order valence-corrected chi connectivity index (χ1v) is 5.96. The molecule has 100 valence electrons. The summed E-state index contributed by atoms with van der Waals surface area (Å²) in [5.74, 6) is 1.12. The number of aromatic nitrogens is 4. The van der Waals surface area contributed by atoms with Crippen molar-refractivity contribution >= 4 is 11.7 Å². The zero-order chi connectivity index (χ0) is 13.7. The molecule has 0 saturated heterocycles. The second-order valence-electron chi connectivity index (χ2n) is 3.99. The van der Waals surface area contributed by atoms with Crippen molar-refractivity contribution in [1.82, 2.24) is 25.1 Å². The van der Waals surface area contributed by atoms with Gasteiger partial charge in [0.2, 0.25) is 0 Å². The zero-order valence-corrected chi connectivity index (χ0v) is 10.9. The van der Waals surface area contributed by atoms with Gasteiger partial charge in [0.05, 0.1) is 5.56 Å². The molecule has 0 fully saturated rings. The maximum Gasteiger partial charge on any atom is 0.255 e. The van der Waals surface area contributed by atoms with Crippen LogP contribution >= 0.6 is 0 Å². The van der Waals surface area contributed by atoms with Crippen LogP contribution in [-0.2, 0) is 13.5 Å². The van der Waals surface area contributed by atoms with E-state index >= 15 is 0 Å². The molecular formula is C12H16N6O. The van der Waals surface area contributed by atoms with Crippen LogP contribution in [0.5, 0.6) is 0 Å². The number of aryl methyl sites for hydroxylation is 1. The van der Waals surface area contributed by atoms with Gasteiger partial charge in [0, 0.05) is 33.3 Å². The van der Waals surface area contributed by atoms with E-state index < -0.39 is 0 Å². The highest BCUT2D eigenvalue weighted by Crippen LogP contribution is 2.09. The lowest BCUT2D eigenvalue weighted by molar-refractivity contribution is 0.0954. The standard InChI is InChI=1S/C12H16N6O/c1-13-11-9(4-3-6-14-11)12(19)15-7-5-10-16-8-18(2)17-10/h3-4,6,8H,5,7H2,1-2H3,(H,13,14)(H,15,19). The Bertz CT molecular complexity index is 565. The zero-order valence-electron chi connectivity index (χ0n) is 10.9. The van der Waals surface area contributed by atoms with Gasteiger partial charge in [0.25, 0.3) is 5.91 Å². The van der Waals surface area contributed by atoms with Gasteiger partial charge in [-0.25, -0.2) is 9.97 Å². The fourth-order valence-corrected chi connectivity index (χ4v) is 1.67. The molecule has 2 heterocycles. The molecule has 0 aliphatic carbocycles. The Balaban J connectivity index is 1.90. The number of carbonyl (C=O) groups is 1. The van der Waals surface area contributed by atoms with Crippen molar-refractivity contribution in [2.75, 3.05) is 18.9 Å². The molecule has 0 aromatic carbocycles. The van der Waals surface area contributed by atoms with Crippen molar-refractivity contribution in [1.29, 1.82) is 0 Å². The number of hydrogen-bond acceptors (Lipinski definition) is 5. The number of anilines is 1. The Morgan fingerprint density at radius 3 is 2.95 bits per heavy atom. The SMILES string of the molecule is CNc1ncccc1C(=O)NCCc1ncn(C)n1. The number of nitrogens with zero attached hydrogens (tertiary/aromatic N) is 4. The summed E-state index contributed by atoms with van der Waals surface area (Å²) in [4.78, 5) is 20.2. The summed E-state index contributed by atoms with van der Waals surface area (Å²) in [5, 5.41) is 9.85. The van der Waals surface area contributed by atoms with Gasteiger partial charge in [-0.15, -0.1) is 0 Å². The topological polar surface area (TPSA) is 84.7 Å². The Kier molecular flexibility index (Phi) is 4.07. The van der Waals surface area contributed by atoms with Crippen molar-refractivity contribution in [3.63, 3.8) is 0 Å². The van der Waals surface area contributed by atoms with E-state index in [9.17, 15) is 4.79 Å². The summed E-state index contributed by atoms with van der Waals surface area (Å²) in [5.41, 5.74) is 0.527. The van der Waals surface area contributed by atoms with E-state index in [2.05, 4.69) is 25.7 Å². The number of rotatable bonds is 5. The molecule has 0 aliphatic heterocycles. The summed E-state index contributed by atoms with van der Waals surface area (Å²) < 4.78 is 1.64. The number of carbonyl (C=O) groups excluding carboxylic acids is 1. The van der Waals surface area contributed by atoms with E-state index in [4.69, 9.17) is 0 Å². The first-order valence-electron chi connectivity index (χ1n) is 5.96. The van der Waals surface area contributed by atoms with Crippen molar-refractivity contribution in [3.8, 4) is 0 Å². The molecule has 1 amide bonds. The average Bonchev–Trinajstić information content (AvgIpc) is 2.84. The second-order valence-corrected chi connectivity index (χ2v) is 3.99. The largest absolute Gasteiger partial charge is 0.372 e. The molecule has 0 atom stereocenters. The maximum absolute atomic E-state index is 12.0. The van der Waals surface area contributed by atoms with E-state index in [0.717, 1.165) is 0 Å². The van der Waals surface area contributed by atoms with Crippen LogP contribution in [0.3, 0.4) is 0 Å². The van der Waals surface area contributed by atoms with Gasteiger partial charge in [-0.1, -0.05) is 0 Å². The number of pyridine rings is 1. The third-order valence-electron chi connectivity index (χ3n) is 2.57. The fraction of sp³-hybridized carbons (Fsp3) is 0.333. The molecule has 0 aliphatic rings. The third-order valence-corrected chi connectivity index (χ3v) is 2.57.